The van der Waals surface area contributed by atoms with Crippen molar-refractivity contribution in [2.45, 2.75) is 44.7 Å². The standard InChI is InChI=1S/C7H16O2S2/c1-5(2)9-7(4)11-10-6(3)8/h5-8H,1-4H3. The normalized spacial score (nSPS) is 16.9. The molecule has 0 aromatic carbocycles. The average Bonchev–Trinajstić information content (AvgIpc) is 1.82. The molecule has 1 N–H and O–H groups in total. The molecule has 0 amide bonds. The fourth-order valence-corrected chi connectivity index (χ4v) is 2.24. The summed E-state index contributed by atoms with van der Waals surface area (Å²) in [5, 5.41) is 8.92. The first-order valence-electron chi connectivity index (χ1n) is 3.68. The van der Waals surface area contributed by atoms with Gasteiger partial charge < -0.3 is 9.84 Å². The quantitative estimate of drug-likeness (QED) is 0.540. The number of ether oxygens (including phenoxy) is 1. The van der Waals surface area contributed by atoms with Gasteiger partial charge in [-0.3, -0.25) is 0 Å². The Morgan fingerprint density at radius 3 is 2.00 bits per heavy atom. The largest absolute Gasteiger partial charge is 0.382 e. The zero-order chi connectivity index (χ0) is 8.85. The summed E-state index contributed by atoms with van der Waals surface area (Å²) in [7, 11) is 2.99. The molecule has 0 aliphatic rings. The van der Waals surface area contributed by atoms with E-state index in [0.717, 1.165) is 0 Å². The fraction of sp³-hybridized carbons (Fsp3) is 1.00. The minimum atomic E-state index is -0.321. The molecule has 2 atom stereocenters. The Balaban J connectivity index is 3.29. The Bertz CT molecular complexity index is 96.4. The lowest BCUT2D eigenvalue weighted by Crippen LogP contribution is -2.10. The summed E-state index contributed by atoms with van der Waals surface area (Å²) >= 11 is 0. The van der Waals surface area contributed by atoms with Crippen LogP contribution in [0.15, 0.2) is 0 Å². The summed E-state index contributed by atoms with van der Waals surface area (Å²) < 4.78 is 5.43. The smallest absolute Gasteiger partial charge is 0.110 e. The van der Waals surface area contributed by atoms with Crippen LogP contribution >= 0.6 is 21.6 Å². The van der Waals surface area contributed by atoms with Gasteiger partial charge in [0.15, 0.2) is 0 Å². The topological polar surface area (TPSA) is 29.5 Å². The summed E-state index contributed by atoms with van der Waals surface area (Å²) in [6, 6.07) is 0. The molecule has 0 fully saturated rings. The van der Waals surface area contributed by atoms with Crippen molar-refractivity contribution in [2.75, 3.05) is 0 Å². The number of aliphatic hydroxyl groups excluding tert-OH is 1. The highest BCUT2D eigenvalue weighted by Crippen LogP contribution is 2.30. The van der Waals surface area contributed by atoms with E-state index in [1.165, 1.54) is 10.8 Å². The third-order valence-electron chi connectivity index (χ3n) is 0.794. The highest BCUT2D eigenvalue weighted by molar-refractivity contribution is 8.77. The van der Waals surface area contributed by atoms with E-state index in [2.05, 4.69) is 0 Å². The first kappa shape index (κ1) is 11.6. The van der Waals surface area contributed by atoms with E-state index >= 15 is 0 Å². The van der Waals surface area contributed by atoms with Crippen LogP contribution < -0.4 is 0 Å². The second-order valence-corrected chi connectivity index (χ2v) is 5.43. The Kier molecular flexibility index (Phi) is 6.52. The van der Waals surface area contributed by atoms with E-state index in [1.54, 1.807) is 17.7 Å². The van der Waals surface area contributed by atoms with E-state index in [0.29, 0.717) is 0 Å². The number of hydrogen-bond acceptors (Lipinski definition) is 4. The maximum Gasteiger partial charge on any atom is 0.110 e. The maximum atomic E-state index is 8.92. The van der Waals surface area contributed by atoms with E-state index in [-0.39, 0.29) is 17.0 Å². The van der Waals surface area contributed by atoms with Gasteiger partial charge in [0, 0.05) is 0 Å². The predicted molar refractivity (Wildman–Crippen MR) is 52.5 cm³/mol. The van der Waals surface area contributed by atoms with E-state index in [9.17, 15) is 0 Å². The van der Waals surface area contributed by atoms with Gasteiger partial charge in [-0.1, -0.05) is 21.6 Å². The maximum absolute atomic E-state index is 8.92. The van der Waals surface area contributed by atoms with Gasteiger partial charge in [0.1, 0.15) is 10.9 Å². The Morgan fingerprint density at radius 1 is 1.09 bits per heavy atom. The van der Waals surface area contributed by atoms with E-state index in [1.807, 2.05) is 20.8 Å². The average molecular weight is 196 g/mol. The van der Waals surface area contributed by atoms with Crippen LogP contribution in [0.2, 0.25) is 0 Å². The van der Waals surface area contributed by atoms with Crippen LogP contribution in [0.5, 0.6) is 0 Å². The SMILES string of the molecule is CC(C)OC(C)SSC(C)O. The highest BCUT2D eigenvalue weighted by Gasteiger charge is 2.06. The fourth-order valence-electron chi connectivity index (χ4n) is 0.565. The van der Waals surface area contributed by atoms with E-state index in [4.69, 9.17) is 9.84 Å². The molecule has 0 aromatic heterocycles. The van der Waals surface area contributed by atoms with Crippen molar-refractivity contribution in [2.24, 2.45) is 0 Å². The summed E-state index contributed by atoms with van der Waals surface area (Å²) in [4.78, 5) is 0. The Morgan fingerprint density at radius 2 is 1.64 bits per heavy atom. The van der Waals surface area contributed by atoms with Crippen molar-refractivity contribution in [3.8, 4) is 0 Å². The zero-order valence-electron chi connectivity index (χ0n) is 7.40. The summed E-state index contributed by atoms with van der Waals surface area (Å²) in [5.41, 5.74) is -0.173. The second-order valence-electron chi connectivity index (χ2n) is 2.54. The van der Waals surface area contributed by atoms with Crippen molar-refractivity contribution in [3.63, 3.8) is 0 Å². The first-order chi connectivity index (χ1) is 5.02. The van der Waals surface area contributed by atoms with Crippen molar-refractivity contribution < 1.29 is 9.84 Å². The zero-order valence-corrected chi connectivity index (χ0v) is 9.04. The molecule has 0 aromatic rings. The molecule has 0 saturated carbocycles. The van der Waals surface area contributed by atoms with Crippen LogP contribution in [-0.2, 0) is 4.74 Å². The number of aliphatic hydroxyl groups is 1. The van der Waals surface area contributed by atoms with Crippen molar-refractivity contribution in [1.29, 1.82) is 0 Å². The van der Waals surface area contributed by atoms with E-state index < -0.39 is 0 Å². The Labute approximate surface area is 76.5 Å². The van der Waals surface area contributed by atoms with Crippen molar-refractivity contribution in [3.05, 3.63) is 0 Å². The molecule has 0 aliphatic carbocycles. The second kappa shape index (κ2) is 6.17. The van der Waals surface area contributed by atoms with Crippen LogP contribution in [0, 0.1) is 0 Å². The molecule has 0 bridgehead atoms. The minimum absolute atomic E-state index is 0.148. The van der Waals surface area contributed by atoms with Crippen LogP contribution in [0.3, 0.4) is 0 Å². The third-order valence-corrected chi connectivity index (χ3v) is 3.55. The molecule has 2 nitrogen and oxygen atoms in total. The van der Waals surface area contributed by atoms with Gasteiger partial charge in [0.2, 0.25) is 0 Å². The van der Waals surface area contributed by atoms with Gasteiger partial charge in [-0.25, -0.2) is 0 Å². The van der Waals surface area contributed by atoms with Gasteiger partial charge >= 0.3 is 0 Å². The molecule has 11 heavy (non-hydrogen) atoms. The van der Waals surface area contributed by atoms with Gasteiger partial charge in [0.05, 0.1) is 6.10 Å². The number of rotatable bonds is 5. The van der Waals surface area contributed by atoms with Gasteiger partial charge in [-0.2, -0.15) is 0 Å². The molecule has 0 rings (SSSR count). The third kappa shape index (κ3) is 8.53. The molecule has 4 heteroatoms. The first-order valence-corrected chi connectivity index (χ1v) is 5.95. The van der Waals surface area contributed by atoms with Crippen LogP contribution in [0.25, 0.3) is 0 Å². The summed E-state index contributed by atoms with van der Waals surface area (Å²) in [6.07, 6.45) is 0.257. The molecule has 68 valence electrons. The molecule has 0 saturated heterocycles. The van der Waals surface area contributed by atoms with Gasteiger partial charge in [-0.05, 0) is 27.7 Å². The molecule has 0 heterocycles. The Hall–Kier alpha value is 0.620. The highest BCUT2D eigenvalue weighted by atomic mass is 33.1. The molecule has 0 radical (unpaired) electrons. The van der Waals surface area contributed by atoms with Crippen LogP contribution in [0.4, 0.5) is 0 Å². The van der Waals surface area contributed by atoms with Crippen molar-refractivity contribution in [1.82, 2.24) is 0 Å². The molecule has 0 spiro atoms. The lowest BCUT2D eigenvalue weighted by molar-refractivity contribution is 0.0699. The summed E-state index contributed by atoms with van der Waals surface area (Å²) in [5.74, 6) is 0. The van der Waals surface area contributed by atoms with Crippen molar-refractivity contribution >= 4 is 21.6 Å². The molecule has 2 unspecified atom stereocenters. The monoisotopic (exact) mass is 196 g/mol. The lowest BCUT2D eigenvalue weighted by Gasteiger charge is -2.15. The van der Waals surface area contributed by atoms with Crippen LogP contribution in [-0.4, -0.2) is 22.1 Å². The molecule has 0 aliphatic heterocycles. The van der Waals surface area contributed by atoms with Gasteiger partial charge in [0.25, 0.3) is 0 Å². The minimum Gasteiger partial charge on any atom is -0.382 e. The lowest BCUT2D eigenvalue weighted by atomic mass is 10.5. The molecular weight excluding hydrogens is 180 g/mol. The number of hydrogen-bond donors (Lipinski definition) is 1. The van der Waals surface area contributed by atoms with Gasteiger partial charge in [-0.15, -0.1) is 0 Å². The summed E-state index contributed by atoms with van der Waals surface area (Å²) in [6.45, 7) is 7.74. The van der Waals surface area contributed by atoms with Crippen LogP contribution in [0.1, 0.15) is 27.7 Å². The molecular formula is C7H16O2S2. The predicted octanol–water partition coefficient (Wildman–Crippen LogP) is 2.48.